The van der Waals surface area contributed by atoms with E-state index in [0.717, 1.165) is 0 Å². The van der Waals surface area contributed by atoms with Gasteiger partial charge in [-0.25, -0.2) is 16.8 Å². The van der Waals surface area contributed by atoms with Gasteiger partial charge in [-0.3, -0.25) is 0 Å². The van der Waals surface area contributed by atoms with Crippen LogP contribution in [-0.2, 0) is 19.9 Å². The van der Waals surface area contributed by atoms with Crippen molar-refractivity contribution in [3.63, 3.8) is 0 Å². The summed E-state index contributed by atoms with van der Waals surface area (Å²) in [4.78, 5) is 0.142. The van der Waals surface area contributed by atoms with Crippen LogP contribution in [0.2, 0.25) is 0 Å². The topological polar surface area (TPSA) is 97.5 Å². The molecule has 2 N–H and O–H groups in total. The third-order valence-corrected chi connectivity index (χ3v) is 7.47. The molecule has 1 aliphatic rings. The fourth-order valence-corrected chi connectivity index (χ4v) is 6.03. The summed E-state index contributed by atoms with van der Waals surface area (Å²) in [5, 5.41) is 0. The molecule has 1 atom stereocenters. The summed E-state index contributed by atoms with van der Waals surface area (Å²) >= 11 is 0. The molecule has 1 saturated heterocycles. The highest BCUT2D eigenvalue weighted by Crippen LogP contribution is 2.27. The molecule has 0 aliphatic carbocycles. The number of rotatable bonds is 2. The Bertz CT molecular complexity index is 726. The minimum Gasteiger partial charge on any atom is -0.398 e. The molecule has 1 fully saturated rings. The van der Waals surface area contributed by atoms with E-state index < -0.39 is 25.9 Å². The van der Waals surface area contributed by atoms with E-state index in [9.17, 15) is 16.8 Å². The molecule has 0 saturated carbocycles. The van der Waals surface area contributed by atoms with Gasteiger partial charge in [-0.2, -0.15) is 4.31 Å². The van der Waals surface area contributed by atoms with Crippen LogP contribution >= 0.6 is 0 Å². The van der Waals surface area contributed by atoms with Gasteiger partial charge in [0.25, 0.3) is 0 Å². The first-order chi connectivity index (χ1) is 9.15. The standard InChI is InChI=1S/C12H18N2O4S2/c1-9-8-19(15,16)7-6-14(9)20(17,18)12-5-3-4-11(13)10(12)2/h3-5,9H,6-8,13H2,1-2H3. The van der Waals surface area contributed by atoms with Crippen LogP contribution in [0.15, 0.2) is 23.1 Å². The van der Waals surface area contributed by atoms with E-state index in [4.69, 9.17) is 5.73 Å². The Hall–Kier alpha value is -1.12. The molecule has 0 amide bonds. The summed E-state index contributed by atoms with van der Waals surface area (Å²) in [5.74, 6) is -0.286. The molecule has 0 spiro atoms. The Labute approximate surface area is 119 Å². The largest absolute Gasteiger partial charge is 0.398 e. The molecule has 0 radical (unpaired) electrons. The van der Waals surface area contributed by atoms with Crippen LogP contribution in [-0.4, -0.2) is 45.2 Å². The van der Waals surface area contributed by atoms with Crippen LogP contribution in [0.1, 0.15) is 12.5 Å². The Balaban J connectivity index is 2.44. The van der Waals surface area contributed by atoms with Crippen LogP contribution in [0.25, 0.3) is 0 Å². The third kappa shape index (κ3) is 2.68. The van der Waals surface area contributed by atoms with E-state index in [1.54, 1.807) is 26.0 Å². The highest BCUT2D eigenvalue weighted by molar-refractivity contribution is 7.92. The molecule has 112 valence electrons. The first-order valence-electron chi connectivity index (χ1n) is 6.22. The second-order valence-electron chi connectivity index (χ2n) is 5.05. The van der Waals surface area contributed by atoms with Gasteiger partial charge in [-0.05, 0) is 31.5 Å². The maximum atomic E-state index is 12.7. The number of nitrogens with zero attached hydrogens (tertiary/aromatic N) is 1. The van der Waals surface area contributed by atoms with Crippen molar-refractivity contribution in [3.05, 3.63) is 23.8 Å². The van der Waals surface area contributed by atoms with Crippen LogP contribution in [0.4, 0.5) is 5.69 Å². The number of hydrogen-bond acceptors (Lipinski definition) is 5. The van der Waals surface area contributed by atoms with E-state index in [1.165, 1.54) is 10.4 Å². The second kappa shape index (κ2) is 5.01. The SMILES string of the molecule is Cc1c(N)cccc1S(=O)(=O)N1CCS(=O)(=O)CC1C. The Morgan fingerprint density at radius 2 is 2.00 bits per heavy atom. The van der Waals surface area contributed by atoms with Gasteiger partial charge in [0, 0.05) is 18.3 Å². The molecule has 1 aromatic carbocycles. The van der Waals surface area contributed by atoms with Crippen molar-refractivity contribution in [1.29, 1.82) is 0 Å². The second-order valence-corrected chi connectivity index (χ2v) is 9.14. The summed E-state index contributed by atoms with van der Waals surface area (Å²) in [5.41, 5.74) is 6.65. The normalized spacial score (nSPS) is 23.6. The van der Waals surface area contributed by atoms with Gasteiger partial charge in [0.1, 0.15) is 0 Å². The fraction of sp³-hybridized carbons (Fsp3) is 0.500. The van der Waals surface area contributed by atoms with E-state index in [-0.39, 0.29) is 22.9 Å². The first-order valence-corrected chi connectivity index (χ1v) is 9.48. The van der Waals surface area contributed by atoms with Crippen molar-refractivity contribution < 1.29 is 16.8 Å². The monoisotopic (exact) mass is 318 g/mol. The maximum Gasteiger partial charge on any atom is 0.243 e. The van der Waals surface area contributed by atoms with E-state index >= 15 is 0 Å². The minimum absolute atomic E-state index is 0.0138. The number of hydrogen-bond donors (Lipinski definition) is 1. The Kier molecular flexibility index (Phi) is 3.83. The number of anilines is 1. The zero-order chi connectivity index (χ0) is 15.1. The number of nitrogens with two attached hydrogens (primary N) is 1. The average Bonchev–Trinajstić information content (AvgIpc) is 2.30. The van der Waals surface area contributed by atoms with E-state index in [0.29, 0.717) is 11.3 Å². The van der Waals surface area contributed by atoms with Gasteiger partial charge in [0.2, 0.25) is 10.0 Å². The molecule has 8 heteroatoms. The summed E-state index contributed by atoms with van der Waals surface area (Å²) in [7, 11) is -6.88. The predicted octanol–water partition coefficient (Wildman–Crippen LogP) is 0.385. The summed E-state index contributed by atoms with van der Waals surface area (Å²) < 4.78 is 49.7. The van der Waals surface area contributed by atoms with Crippen molar-refractivity contribution in [1.82, 2.24) is 4.31 Å². The summed E-state index contributed by atoms with van der Waals surface area (Å²) in [6, 6.07) is 4.15. The highest BCUT2D eigenvalue weighted by Gasteiger charge is 2.37. The van der Waals surface area contributed by atoms with Gasteiger partial charge in [0.15, 0.2) is 9.84 Å². The quantitative estimate of drug-likeness (QED) is 0.795. The third-order valence-electron chi connectivity index (χ3n) is 3.52. The van der Waals surface area contributed by atoms with Crippen LogP contribution < -0.4 is 5.73 Å². The van der Waals surface area contributed by atoms with Crippen molar-refractivity contribution in [3.8, 4) is 0 Å². The Morgan fingerprint density at radius 1 is 1.35 bits per heavy atom. The van der Waals surface area contributed by atoms with Gasteiger partial charge in [0.05, 0.1) is 16.4 Å². The first kappa shape index (κ1) is 15.3. The van der Waals surface area contributed by atoms with Crippen molar-refractivity contribution in [2.45, 2.75) is 24.8 Å². The molecular weight excluding hydrogens is 300 g/mol. The predicted molar refractivity (Wildman–Crippen MR) is 77.6 cm³/mol. The molecule has 0 bridgehead atoms. The average molecular weight is 318 g/mol. The Morgan fingerprint density at radius 3 is 2.60 bits per heavy atom. The molecule has 6 nitrogen and oxygen atoms in total. The molecule has 20 heavy (non-hydrogen) atoms. The van der Waals surface area contributed by atoms with Crippen molar-refractivity contribution in [2.24, 2.45) is 0 Å². The number of sulfone groups is 1. The number of sulfonamides is 1. The number of nitrogen functional groups attached to an aromatic ring is 1. The van der Waals surface area contributed by atoms with Gasteiger partial charge in [-0.15, -0.1) is 0 Å². The lowest BCUT2D eigenvalue weighted by Crippen LogP contribution is -2.49. The molecule has 1 aromatic rings. The zero-order valence-electron chi connectivity index (χ0n) is 11.4. The molecule has 0 aromatic heterocycles. The number of benzene rings is 1. The summed E-state index contributed by atoms with van der Waals surface area (Å²) in [6.45, 7) is 3.24. The van der Waals surface area contributed by atoms with Crippen molar-refractivity contribution >= 4 is 25.5 Å². The molecule has 2 rings (SSSR count). The summed E-state index contributed by atoms with van der Waals surface area (Å²) in [6.07, 6.45) is 0. The molecular formula is C12H18N2O4S2. The van der Waals surface area contributed by atoms with Crippen LogP contribution in [0, 0.1) is 6.92 Å². The fourth-order valence-electron chi connectivity index (χ4n) is 2.38. The van der Waals surface area contributed by atoms with Crippen molar-refractivity contribution in [2.75, 3.05) is 23.8 Å². The maximum absolute atomic E-state index is 12.7. The highest BCUT2D eigenvalue weighted by atomic mass is 32.2. The lowest BCUT2D eigenvalue weighted by atomic mass is 10.2. The molecule has 1 aliphatic heterocycles. The lowest BCUT2D eigenvalue weighted by Gasteiger charge is -2.32. The van der Waals surface area contributed by atoms with Gasteiger partial charge in [-0.1, -0.05) is 6.07 Å². The zero-order valence-corrected chi connectivity index (χ0v) is 13.0. The molecule has 1 heterocycles. The van der Waals surface area contributed by atoms with Gasteiger partial charge >= 0.3 is 0 Å². The van der Waals surface area contributed by atoms with E-state index in [2.05, 4.69) is 0 Å². The van der Waals surface area contributed by atoms with Crippen LogP contribution in [0.5, 0.6) is 0 Å². The molecule has 1 unspecified atom stereocenters. The van der Waals surface area contributed by atoms with Crippen LogP contribution in [0.3, 0.4) is 0 Å². The minimum atomic E-state index is -3.73. The van der Waals surface area contributed by atoms with Gasteiger partial charge < -0.3 is 5.73 Å². The smallest absolute Gasteiger partial charge is 0.243 e. The van der Waals surface area contributed by atoms with E-state index in [1.807, 2.05) is 0 Å². The lowest BCUT2D eigenvalue weighted by molar-refractivity contribution is 0.356.